The van der Waals surface area contributed by atoms with Gasteiger partial charge in [-0.1, -0.05) is 176 Å². The van der Waals surface area contributed by atoms with Gasteiger partial charge in [-0.25, -0.2) is 9.59 Å². The summed E-state index contributed by atoms with van der Waals surface area (Å²) >= 11 is 0. The molecule has 3 heteroatoms. The summed E-state index contributed by atoms with van der Waals surface area (Å²) in [5.41, 5.74) is 0. The highest BCUT2D eigenvalue weighted by molar-refractivity contribution is 7.62. The molecule has 0 saturated carbocycles. The standard InChI is InChI=1S/C38H71O2P/c1-3-5-7-9-11-13-19-23-27-31-35-41(36-32-28-24-20-14-12-10-8-6-4-2)38(37-40)33-29-25-21-17-15-16-18-22-26-30-34-39/h30H,3-29,31-33,35-36H2,1-2H3. The molecule has 0 fully saturated rings. The van der Waals surface area contributed by atoms with E-state index in [2.05, 4.69) is 19.8 Å². The SMILES string of the molecule is CCCCCCCCCCCCP(CCCCCCCCCCCC)C(=C=O)CCCCCCCCCCC=C=O. The van der Waals surface area contributed by atoms with Crippen LogP contribution in [0, 0.1) is 0 Å². The first kappa shape index (κ1) is 40.3. The number of unbranched alkanes of at least 4 members (excludes halogenated alkanes) is 26. The predicted octanol–water partition coefficient (Wildman–Crippen LogP) is 13.3. The Balaban J connectivity index is 4.24. The topological polar surface area (TPSA) is 34.1 Å². The molecule has 0 spiro atoms. The molecule has 2 nitrogen and oxygen atoms in total. The van der Waals surface area contributed by atoms with Gasteiger partial charge in [0.25, 0.3) is 0 Å². The lowest BCUT2D eigenvalue weighted by atomic mass is 10.1. The van der Waals surface area contributed by atoms with Gasteiger partial charge in [0.2, 0.25) is 0 Å². The Hall–Kier alpha value is -0.670. The van der Waals surface area contributed by atoms with Gasteiger partial charge in [0, 0.05) is 5.31 Å². The van der Waals surface area contributed by atoms with Crippen molar-refractivity contribution in [1.29, 1.82) is 0 Å². The first-order valence-electron chi connectivity index (χ1n) is 18.5. The third kappa shape index (κ3) is 30.6. The van der Waals surface area contributed by atoms with Crippen LogP contribution in [0.2, 0.25) is 0 Å². The Bertz CT molecular complexity index is 594. The smallest absolute Gasteiger partial charge is 0.128 e. The summed E-state index contributed by atoms with van der Waals surface area (Å²) in [4.78, 5) is 22.3. The molecule has 0 rings (SSSR count). The van der Waals surface area contributed by atoms with Gasteiger partial charge in [-0.2, -0.15) is 0 Å². The van der Waals surface area contributed by atoms with Gasteiger partial charge < -0.3 is 0 Å². The molecule has 0 saturated heterocycles. The number of carbonyl (C=O) groups excluding carboxylic acids is 2. The summed E-state index contributed by atoms with van der Waals surface area (Å²) in [5.74, 6) is 4.34. The van der Waals surface area contributed by atoms with Crippen LogP contribution in [0.1, 0.15) is 206 Å². The van der Waals surface area contributed by atoms with E-state index in [-0.39, 0.29) is 7.92 Å². The second-order valence-electron chi connectivity index (χ2n) is 12.6. The summed E-state index contributed by atoms with van der Waals surface area (Å²) in [7, 11) is -0.268. The van der Waals surface area contributed by atoms with Crippen LogP contribution in [0.4, 0.5) is 0 Å². The minimum absolute atomic E-state index is 0.268. The molecule has 0 heterocycles. The zero-order valence-electron chi connectivity index (χ0n) is 28.0. The molecule has 0 N–H and O–H groups in total. The molecule has 0 atom stereocenters. The second kappa shape index (κ2) is 35.5. The fraction of sp³-hybridized carbons (Fsp3) is 0.895. The first-order valence-corrected chi connectivity index (χ1v) is 20.2. The van der Waals surface area contributed by atoms with Crippen LogP contribution >= 0.6 is 7.92 Å². The fourth-order valence-corrected chi connectivity index (χ4v) is 8.47. The highest BCUT2D eigenvalue weighted by Gasteiger charge is 2.15. The number of rotatable bonds is 34. The number of hydrogen-bond acceptors (Lipinski definition) is 2. The fourth-order valence-electron chi connectivity index (χ4n) is 5.89. The first-order chi connectivity index (χ1) is 20.3. The lowest BCUT2D eigenvalue weighted by molar-refractivity contribution is 0.559. The molecule has 0 unspecified atom stereocenters. The maximum atomic E-state index is 12.1. The highest BCUT2D eigenvalue weighted by atomic mass is 31.1. The van der Waals surface area contributed by atoms with E-state index in [0.717, 1.165) is 19.3 Å². The van der Waals surface area contributed by atoms with Crippen LogP contribution in [-0.2, 0) is 9.59 Å². The van der Waals surface area contributed by atoms with Crippen molar-refractivity contribution in [3.63, 3.8) is 0 Å². The van der Waals surface area contributed by atoms with Crippen LogP contribution in [0.15, 0.2) is 11.4 Å². The van der Waals surface area contributed by atoms with Crippen molar-refractivity contribution < 1.29 is 9.59 Å². The molecule has 0 aliphatic carbocycles. The Morgan fingerprint density at radius 2 is 0.805 bits per heavy atom. The number of allylic oxidation sites excluding steroid dienone is 2. The lowest BCUT2D eigenvalue weighted by Gasteiger charge is -2.19. The quantitative estimate of drug-likeness (QED) is 0.0424. The maximum absolute atomic E-state index is 12.1. The molecule has 0 aromatic carbocycles. The third-order valence-electron chi connectivity index (χ3n) is 8.66. The van der Waals surface area contributed by atoms with Crippen molar-refractivity contribution >= 4 is 19.8 Å². The molecule has 0 bridgehead atoms. The van der Waals surface area contributed by atoms with E-state index in [1.807, 2.05) is 5.94 Å². The second-order valence-corrected chi connectivity index (χ2v) is 15.1. The van der Waals surface area contributed by atoms with Gasteiger partial charge >= 0.3 is 0 Å². The molecule has 0 aliphatic rings. The Kier molecular flexibility index (Phi) is 34.9. The summed E-state index contributed by atoms with van der Waals surface area (Å²) < 4.78 is 0. The van der Waals surface area contributed by atoms with Crippen LogP contribution in [-0.4, -0.2) is 24.2 Å². The zero-order chi connectivity index (χ0) is 29.9. The minimum atomic E-state index is -0.268. The van der Waals surface area contributed by atoms with Crippen molar-refractivity contribution in [3.8, 4) is 0 Å². The van der Waals surface area contributed by atoms with Crippen LogP contribution in [0.3, 0.4) is 0 Å². The van der Waals surface area contributed by atoms with E-state index in [1.165, 1.54) is 191 Å². The molecular formula is C38H71O2P. The molecule has 41 heavy (non-hydrogen) atoms. The van der Waals surface area contributed by atoms with E-state index in [9.17, 15) is 9.59 Å². The molecule has 0 aromatic heterocycles. The summed E-state index contributed by atoms with van der Waals surface area (Å²) in [5, 5.41) is 1.18. The summed E-state index contributed by atoms with van der Waals surface area (Å²) in [6.07, 6.45) is 43.6. The monoisotopic (exact) mass is 591 g/mol. The van der Waals surface area contributed by atoms with Gasteiger partial charge in [0.1, 0.15) is 11.9 Å². The van der Waals surface area contributed by atoms with Gasteiger partial charge in [-0.3, -0.25) is 0 Å². The average molecular weight is 591 g/mol. The van der Waals surface area contributed by atoms with Crippen LogP contribution in [0.5, 0.6) is 0 Å². The van der Waals surface area contributed by atoms with Crippen molar-refractivity contribution in [2.75, 3.05) is 12.3 Å². The van der Waals surface area contributed by atoms with Gasteiger partial charge in [-0.15, -0.1) is 0 Å². The number of hydrogen-bond donors (Lipinski definition) is 0. The summed E-state index contributed by atoms with van der Waals surface area (Å²) in [6.45, 7) is 4.58. The molecule has 0 aliphatic heterocycles. The van der Waals surface area contributed by atoms with Crippen molar-refractivity contribution in [2.45, 2.75) is 206 Å². The Labute approximate surface area is 259 Å². The zero-order valence-corrected chi connectivity index (χ0v) is 28.9. The van der Waals surface area contributed by atoms with Crippen molar-refractivity contribution in [1.82, 2.24) is 0 Å². The van der Waals surface area contributed by atoms with Gasteiger partial charge in [0.15, 0.2) is 0 Å². The largest absolute Gasteiger partial charge is 0.234 e. The molecular weight excluding hydrogens is 519 g/mol. The van der Waals surface area contributed by atoms with Crippen molar-refractivity contribution in [3.05, 3.63) is 11.4 Å². The van der Waals surface area contributed by atoms with Crippen LogP contribution < -0.4 is 0 Å². The molecule has 0 amide bonds. The van der Waals surface area contributed by atoms with Crippen LogP contribution in [0.25, 0.3) is 0 Å². The summed E-state index contributed by atoms with van der Waals surface area (Å²) in [6, 6.07) is 0. The Morgan fingerprint density at radius 3 is 1.17 bits per heavy atom. The van der Waals surface area contributed by atoms with Gasteiger partial charge in [-0.05, 0) is 56.9 Å². The predicted molar refractivity (Wildman–Crippen MR) is 186 cm³/mol. The minimum Gasteiger partial charge on any atom is -0.234 e. The Morgan fingerprint density at radius 1 is 0.463 bits per heavy atom. The van der Waals surface area contributed by atoms with E-state index >= 15 is 0 Å². The van der Waals surface area contributed by atoms with E-state index in [4.69, 9.17) is 0 Å². The lowest BCUT2D eigenvalue weighted by Crippen LogP contribution is -1.97. The normalized spacial score (nSPS) is 11.1. The average Bonchev–Trinajstić information content (AvgIpc) is 2.99. The molecule has 0 aromatic rings. The third-order valence-corrected chi connectivity index (χ3v) is 11.4. The molecule has 0 radical (unpaired) electrons. The van der Waals surface area contributed by atoms with Crippen molar-refractivity contribution in [2.24, 2.45) is 0 Å². The highest BCUT2D eigenvalue weighted by Crippen LogP contribution is 2.47. The van der Waals surface area contributed by atoms with E-state index < -0.39 is 0 Å². The van der Waals surface area contributed by atoms with Gasteiger partial charge in [0.05, 0.1) is 0 Å². The van der Waals surface area contributed by atoms with E-state index in [1.54, 1.807) is 6.08 Å². The molecule has 240 valence electrons. The van der Waals surface area contributed by atoms with E-state index in [0.29, 0.717) is 0 Å². The maximum Gasteiger partial charge on any atom is 0.128 e.